The lowest BCUT2D eigenvalue weighted by Crippen LogP contribution is -2.35. The third kappa shape index (κ3) is 19.6. The van der Waals surface area contributed by atoms with E-state index in [1.807, 2.05) is 25.6 Å². The lowest BCUT2D eigenvalue weighted by atomic mass is 10.1. The van der Waals surface area contributed by atoms with Crippen molar-refractivity contribution in [1.82, 2.24) is 0 Å². The largest absolute Gasteiger partial charge is 0.467 e. The first-order valence-corrected chi connectivity index (χ1v) is 17.8. The van der Waals surface area contributed by atoms with Crippen LogP contribution >= 0.6 is 19.4 Å². The van der Waals surface area contributed by atoms with Crippen molar-refractivity contribution in [2.75, 3.05) is 19.5 Å². The van der Waals surface area contributed by atoms with Crippen LogP contribution in [0.4, 0.5) is 0 Å². The molecule has 0 saturated heterocycles. The maximum atomic E-state index is 12.8. The molecule has 0 aromatic heterocycles. The fourth-order valence-corrected chi connectivity index (χ4v) is 6.99. The van der Waals surface area contributed by atoms with Gasteiger partial charge in [-0.3, -0.25) is 4.57 Å². The molecule has 37 heavy (non-hydrogen) atoms. The van der Waals surface area contributed by atoms with Crippen molar-refractivity contribution < 1.29 is 28.3 Å². The summed E-state index contributed by atoms with van der Waals surface area (Å²) in [6.07, 6.45) is 21.6. The summed E-state index contributed by atoms with van der Waals surface area (Å²) in [6, 6.07) is 0. The van der Waals surface area contributed by atoms with Gasteiger partial charge in [0, 0.05) is 5.25 Å². The van der Waals surface area contributed by atoms with Gasteiger partial charge in [-0.25, -0.2) is 4.79 Å². The van der Waals surface area contributed by atoms with E-state index >= 15 is 0 Å². The summed E-state index contributed by atoms with van der Waals surface area (Å²) >= 11 is 1.88. The second kappa shape index (κ2) is 24.9. The number of thioether (sulfide) groups is 1. The summed E-state index contributed by atoms with van der Waals surface area (Å²) in [7, 11) is -3.09. The van der Waals surface area contributed by atoms with Crippen LogP contribution in [-0.4, -0.2) is 47.5 Å². The van der Waals surface area contributed by atoms with Crippen LogP contribution < -0.4 is 0 Å². The summed E-state index contributed by atoms with van der Waals surface area (Å²) in [6.45, 7) is 8.32. The molecular weight excluding hydrogens is 507 g/mol. The fourth-order valence-electron chi connectivity index (χ4n) is 4.35. The van der Waals surface area contributed by atoms with Crippen molar-refractivity contribution in [3.8, 4) is 0 Å². The molecule has 0 spiro atoms. The number of rotatable bonds is 27. The lowest BCUT2D eigenvalue weighted by Gasteiger charge is -2.29. The van der Waals surface area contributed by atoms with E-state index in [2.05, 4.69) is 13.8 Å². The van der Waals surface area contributed by atoms with E-state index < -0.39 is 19.4 Å². The van der Waals surface area contributed by atoms with Gasteiger partial charge >= 0.3 is 13.6 Å². The molecule has 0 heterocycles. The third-order valence-electron chi connectivity index (χ3n) is 6.72. The minimum atomic E-state index is -4.29. The van der Waals surface area contributed by atoms with Crippen LogP contribution in [-0.2, 0) is 23.4 Å². The molecule has 0 bridgehead atoms. The fraction of sp³-hybridized carbons (Fsp3) is 0.966. The number of carbonyl (C=O) groups excluding carboxylic acids is 1. The highest BCUT2D eigenvalue weighted by Gasteiger charge is 2.42. The van der Waals surface area contributed by atoms with Crippen LogP contribution in [0.5, 0.6) is 0 Å². The number of methoxy groups -OCH3 is 1. The molecule has 0 aliphatic rings. The van der Waals surface area contributed by atoms with E-state index in [1.54, 1.807) is 0 Å². The molecule has 6 nitrogen and oxygen atoms in total. The van der Waals surface area contributed by atoms with Gasteiger partial charge in [0.15, 0.2) is 0 Å². The summed E-state index contributed by atoms with van der Waals surface area (Å²) in [5, 5.41) is 0.156. The molecule has 0 saturated carbocycles. The summed E-state index contributed by atoms with van der Waals surface area (Å²) in [5.41, 5.74) is 0. The van der Waals surface area contributed by atoms with E-state index in [1.165, 1.54) is 103 Å². The maximum absolute atomic E-state index is 12.8. The molecule has 0 radical (unpaired) electrons. The van der Waals surface area contributed by atoms with E-state index in [0.717, 1.165) is 18.6 Å². The number of hydrogen-bond donors (Lipinski definition) is 1. The molecule has 0 aromatic rings. The summed E-state index contributed by atoms with van der Waals surface area (Å²) in [5.74, 6) is -1.42. The van der Waals surface area contributed by atoms with E-state index in [-0.39, 0.29) is 18.0 Å². The summed E-state index contributed by atoms with van der Waals surface area (Å²) in [4.78, 5) is 22.7. The highest BCUT2D eigenvalue weighted by atomic mass is 32.2. The normalized spacial score (nSPS) is 15.7. The Morgan fingerprint density at radius 1 is 0.784 bits per heavy atom. The molecule has 0 aliphatic carbocycles. The van der Waals surface area contributed by atoms with Gasteiger partial charge in [0.25, 0.3) is 5.85 Å². The van der Waals surface area contributed by atoms with Crippen LogP contribution in [0.15, 0.2) is 0 Å². The molecule has 4 atom stereocenters. The smallest absolute Gasteiger partial charge is 0.368 e. The molecule has 0 amide bonds. The lowest BCUT2D eigenvalue weighted by molar-refractivity contribution is -0.152. The minimum Gasteiger partial charge on any atom is -0.467 e. The highest BCUT2D eigenvalue weighted by molar-refractivity contribution is 7.99. The average molecular weight is 567 g/mol. The SMILES string of the molecule is CCCCCCCCCCCCSC(CCCCCCCC)C(C)OC(C(=O)OC)P(=O)(O)OCCC. The molecule has 0 aromatic carbocycles. The van der Waals surface area contributed by atoms with Gasteiger partial charge in [0.05, 0.1) is 19.8 Å². The number of carbonyl (C=O) groups is 1. The zero-order valence-electron chi connectivity index (χ0n) is 24.7. The average Bonchev–Trinajstić information content (AvgIpc) is 2.89. The van der Waals surface area contributed by atoms with Crippen molar-refractivity contribution in [3.63, 3.8) is 0 Å². The molecular formula is C29H59O6PS. The van der Waals surface area contributed by atoms with Gasteiger partial charge < -0.3 is 18.9 Å². The van der Waals surface area contributed by atoms with Gasteiger partial charge in [-0.1, -0.05) is 117 Å². The molecule has 8 heteroatoms. The predicted octanol–water partition coefficient (Wildman–Crippen LogP) is 9.28. The number of esters is 1. The quantitative estimate of drug-likeness (QED) is 0.0602. The molecule has 1 N–H and O–H groups in total. The molecule has 0 aliphatic heterocycles. The van der Waals surface area contributed by atoms with Crippen molar-refractivity contribution in [1.29, 1.82) is 0 Å². The maximum Gasteiger partial charge on any atom is 0.368 e. The van der Waals surface area contributed by atoms with Gasteiger partial charge in [-0.05, 0) is 31.9 Å². The van der Waals surface area contributed by atoms with E-state index in [4.69, 9.17) is 14.0 Å². The van der Waals surface area contributed by atoms with Crippen LogP contribution in [0.1, 0.15) is 143 Å². The van der Waals surface area contributed by atoms with Gasteiger partial charge in [0.1, 0.15) is 0 Å². The molecule has 4 unspecified atom stereocenters. The van der Waals surface area contributed by atoms with Crippen molar-refractivity contribution in [2.24, 2.45) is 0 Å². The number of unbranched alkanes of at least 4 members (excludes halogenated alkanes) is 14. The van der Waals surface area contributed by atoms with E-state index in [9.17, 15) is 14.3 Å². The van der Waals surface area contributed by atoms with Gasteiger partial charge in [-0.2, -0.15) is 11.8 Å². The molecule has 0 fully saturated rings. The Bertz CT molecular complexity index is 577. The molecule has 0 rings (SSSR count). The van der Waals surface area contributed by atoms with Crippen molar-refractivity contribution in [3.05, 3.63) is 0 Å². The summed E-state index contributed by atoms with van der Waals surface area (Å²) < 4.78 is 28.6. The Hall–Kier alpha value is -0.0700. The van der Waals surface area contributed by atoms with Crippen LogP contribution in [0.25, 0.3) is 0 Å². The van der Waals surface area contributed by atoms with Crippen LogP contribution in [0.3, 0.4) is 0 Å². The van der Waals surface area contributed by atoms with Gasteiger partial charge in [0.2, 0.25) is 0 Å². The Morgan fingerprint density at radius 2 is 1.27 bits per heavy atom. The monoisotopic (exact) mass is 566 g/mol. The second-order valence-corrected chi connectivity index (χ2v) is 13.5. The number of ether oxygens (including phenoxy) is 2. The van der Waals surface area contributed by atoms with Crippen LogP contribution in [0, 0.1) is 0 Å². The molecule has 222 valence electrons. The standard InChI is InChI=1S/C29H59O6PS/c1-6-9-11-13-15-16-17-18-20-22-25-37-27(23-21-19-14-12-10-7-2)26(4)35-29(28(30)33-5)36(31,32)34-24-8-3/h26-27,29H,6-25H2,1-5H3,(H,31,32). The van der Waals surface area contributed by atoms with Crippen molar-refractivity contribution >= 4 is 25.3 Å². The van der Waals surface area contributed by atoms with Gasteiger partial charge in [-0.15, -0.1) is 0 Å². The number of hydrogen-bond acceptors (Lipinski definition) is 6. The Morgan fingerprint density at radius 3 is 1.76 bits per heavy atom. The van der Waals surface area contributed by atoms with Crippen LogP contribution in [0.2, 0.25) is 0 Å². The Kier molecular flexibility index (Phi) is 24.9. The first-order chi connectivity index (χ1) is 17.8. The first-order valence-electron chi connectivity index (χ1n) is 15.2. The highest BCUT2D eigenvalue weighted by Crippen LogP contribution is 2.49. The zero-order chi connectivity index (χ0) is 27.8. The second-order valence-electron chi connectivity index (χ2n) is 10.3. The third-order valence-corrected chi connectivity index (χ3v) is 9.77. The zero-order valence-corrected chi connectivity index (χ0v) is 26.4. The Labute approximate surface area is 233 Å². The van der Waals surface area contributed by atoms with Crippen molar-refractivity contribution in [2.45, 2.75) is 160 Å². The predicted molar refractivity (Wildman–Crippen MR) is 159 cm³/mol. The topological polar surface area (TPSA) is 82.1 Å². The van der Waals surface area contributed by atoms with E-state index in [0.29, 0.717) is 6.42 Å². The first kappa shape index (κ1) is 36.9. The minimum absolute atomic E-state index is 0.0910. The Balaban J connectivity index is 4.75.